The van der Waals surface area contributed by atoms with Gasteiger partial charge >= 0.3 is 5.97 Å². The number of amides is 2. The molecule has 1 fully saturated rings. The van der Waals surface area contributed by atoms with Gasteiger partial charge in [-0.15, -0.1) is 0 Å². The number of nitrogens with one attached hydrogen (secondary N) is 2. The number of unbranched alkanes of at least 4 members (excludes halogenated alkanes) is 1. The standard InChI is InChI=1S/C21H28N2O5S2/c1-14(13-22-18(25)10-6-3-7-15-11-12-29-30-15)19(21(27)28-2)23-20(26)16-8-4-5-9-17(16)24/h4-5,8-9,15,19,24H,1,3,6-7,10-13H2,2H3,(H,22,25)(H,23,26). The number of carbonyl (C=O) groups is 3. The van der Waals surface area contributed by atoms with Crippen molar-refractivity contribution in [3.63, 3.8) is 0 Å². The van der Waals surface area contributed by atoms with Crippen molar-refractivity contribution in [2.24, 2.45) is 0 Å². The predicted octanol–water partition coefficient (Wildman–Crippen LogP) is 3.05. The van der Waals surface area contributed by atoms with Gasteiger partial charge in [0.25, 0.3) is 5.91 Å². The van der Waals surface area contributed by atoms with Gasteiger partial charge in [-0.3, -0.25) is 9.59 Å². The van der Waals surface area contributed by atoms with Crippen molar-refractivity contribution in [2.45, 2.75) is 43.4 Å². The molecule has 2 amide bonds. The second-order valence-corrected chi connectivity index (χ2v) is 9.74. The monoisotopic (exact) mass is 452 g/mol. The summed E-state index contributed by atoms with van der Waals surface area (Å²) in [5.74, 6) is -0.462. The van der Waals surface area contributed by atoms with Gasteiger partial charge in [-0.1, -0.05) is 46.7 Å². The third kappa shape index (κ3) is 7.60. The van der Waals surface area contributed by atoms with Crippen molar-refractivity contribution in [1.29, 1.82) is 0 Å². The summed E-state index contributed by atoms with van der Waals surface area (Å²) in [6.45, 7) is 3.85. The van der Waals surface area contributed by atoms with Gasteiger partial charge in [-0.25, -0.2) is 4.79 Å². The smallest absolute Gasteiger partial charge is 0.332 e. The van der Waals surface area contributed by atoms with Crippen molar-refractivity contribution in [3.05, 3.63) is 42.0 Å². The Labute approximate surface area is 184 Å². The zero-order valence-corrected chi connectivity index (χ0v) is 18.7. The fraction of sp³-hybridized carbons (Fsp3) is 0.476. The molecule has 1 aliphatic heterocycles. The summed E-state index contributed by atoms with van der Waals surface area (Å²) in [5, 5.41) is 15.8. The average molecular weight is 453 g/mol. The van der Waals surface area contributed by atoms with E-state index >= 15 is 0 Å². The maximum Gasteiger partial charge on any atom is 0.332 e. The summed E-state index contributed by atoms with van der Waals surface area (Å²) in [6, 6.07) is 4.86. The van der Waals surface area contributed by atoms with Gasteiger partial charge in [-0.2, -0.15) is 0 Å². The van der Waals surface area contributed by atoms with Gasteiger partial charge in [0, 0.05) is 24.0 Å². The lowest BCUT2D eigenvalue weighted by molar-refractivity contribution is -0.142. The molecule has 7 nitrogen and oxygen atoms in total. The molecule has 1 aliphatic rings. The first-order valence-corrected chi connectivity index (χ1v) is 12.2. The van der Waals surface area contributed by atoms with Crippen LogP contribution in [0.2, 0.25) is 0 Å². The zero-order valence-electron chi connectivity index (χ0n) is 17.0. The van der Waals surface area contributed by atoms with Gasteiger partial charge in [-0.05, 0) is 37.0 Å². The Balaban J connectivity index is 1.79. The Bertz CT molecular complexity index is 766. The Kier molecular flexibility index (Phi) is 10.1. The van der Waals surface area contributed by atoms with Gasteiger partial charge < -0.3 is 20.5 Å². The van der Waals surface area contributed by atoms with Crippen LogP contribution < -0.4 is 10.6 Å². The highest BCUT2D eigenvalue weighted by Gasteiger charge is 2.26. The van der Waals surface area contributed by atoms with Crippen LogP contribution in [0.25, 0.3) is 0 Å². The van der Waals surface area contributed by atoms with Crippen LogP contribution in [0.5, 0.6) is 5.75 Å². The summed E-state index contributed by atoms with van der Waals surface area (Å²) >= 11 is 0. The number of esters is 1. The normalized spacial score (nSPS) is 16.5. The lowest BCUT2D eigenvalue weighted by Gasteiger charge is -2.19. The number of para-hydroxylation sites is 1. The van der Waals surface area contributed by atoms with E-state index in [4.69, 9.17) is 4.74 Å². The SMILES string of the molecule is C=C(CNC(=O)CCCCC1CCSS1)C(NC(=O)c1ccccc1O)C(=O)OC. The predicted molar refractivity (Wildman–Crippen MR) is 120 cm³/mol. The van der Waals surface area contributed by atoms with E-state index in [0.29, 0.717) is 17.2 Å². The molecule has 2 atom stereocenters. The van der Waals surface area contributed by atoms with E-state index in [9.17, 15) is 19.5 Å². The third-order valence-electron chi connectivity index (χ3n) is 4.69. The number of benzene rings is 1. The molecule has 30 heavy (non-hydrogen) atoms. The molecule has 1 aromatic rings. The second kappa shape index (κ2) is 12.5. The quantitative estimate of drug-likeness (QED) is 0.205. The van der Waals surface area contributed by atoms with Crippen molar-refractivity contribution in [2.75, 3.05) is 19.4 Å². The van der Waals surface area contributed by atoms with Crippen LogP contribution in [0.15, 0.2) is 36.4 Å². The molecule has 1 aromatic carbocycles. The lowest BCUT2D eigenvalue weighted by Crippen LogP contribution is -2.45. The summed E-state index contributed by atoms with van der Waals surface area (Å²) < 4.78 is 4.74. The van der Waals surface area contributed by atoms with Crippen LogP contribution in [0.1, 0.15) is 42.5 Å². The number of ether oxygens (including phenoxy) is 1. The molecular formula is C21H28N2O5S2. The highest BCUT2D eigenvalue weighted by molar-refractivity contribution is 8.77. The maximum absolute atomic E-state index is 12.4. The molecule has 0 radical (unpaired) electrons. The number of hydrogen-bond donors (Lipinski definition) is 3. The van der Waals surface area contributed by atoms with Crippen LogP contribution in [-0.4, -0.2) is 53.6 Å². The first kappa shape index (κ1) is 24.1. The van der Waals surface area contributed by atoms with Crippen molar-refractivity contribution in [3.8, 4) is 5.75 Å². The Morgan fingerprint density at radius 1 is 1.30 bits per heavy atom. The first-order chi connectivity index (χ1) is 14.4. The first-order valence-electron chi connectivity index (χ1n) is 9.81. The van der Waals surface area contributed by atoms with Crippen LogP contribution in [0.4, 0.5) is 0 Å². The fourth-order valence-corrected chi connectivity index (χ4v) is 5.97. The minimum Gasteiger partial charge on any atom is -0.507 e. The molecule has 0 spiro atoms. The van der Waals surface area contributed by atoms with Crippen LogP contribution in [-0.2, 0) is 14.3 Å². The van der Waals surface area contributed by atoms with E-state index in [1.165, 1.54) is 31.4 Å². The van der Waals surface area contributed by atoms with Crippen molar-refractivity contribution in [1.82, 2.24) is 10.6 Å². The maximum atomic E-state index is 12.4. The van der Waals surface area contributed by atoms with E-state index in [-0.39, 0.29) is 23.8 Å². The van der Waals surface area contributed by atoms with E-state index in [1.807, 2.05) is 21.6 Å². The number of phenolic OH excluding ortho intramolecular Hbond substituents is 1. The molecule has 0 bridgehead atoms. The summed E-state index contributed by atoms with van der Waals surface area (Å²) in [7, 11) is 5.05. The summed E-state index contributed by atoms with van der Waals surface area (Å²) in [4.78, 5) is 36.6. The molecule has 0 aliphatic carbocycles. The molecular weight excluding hydrogens is 424 g/mol. The third-order valence-corrected chi connectivity index (χ3v) is 7.70. The highest BCUT2D eigenvalue weighted by Crippen LogP contribution is 2.39. The molecule has 2 unspecified atom stereocenters. The van der Waals surface area contributed by atoms with Gasteiger partial charge in [0.15, 0.2) is 6.04 Å². The minimum atomic E-state index is -1.14. The zero-order chi connectivity index (χ0) is 21.9. The number of phenols is 1. The molecule has 0 aromatic heterocycles. The molecule has 2 rings (SSSR count). The number of carbonyl (C=O) groups excluding carboxylic acids is 3. The van der Waals surface area contributed by atoms with Crippen LogP contribution >= 0.6 is 21.6 Å². The van der Waals surface area contributed by atoms with Crippen molar-refractivity contribution >= 4 is 39.4 Å². The molecule has 0 saturated carbocycles. The highest BCUT2D eigenvalue weighted by atomic mass is 33.1. The minimum absolute atomic E-state index is 0.0297. The fourth-order valence-electron chi connectivity index (χ4n) is 2.94. The van der Waals surface area contributed by atoms with E-state index < -0.39 is 17.9 Å². The molecule has 1 heterocycles. The molecule has 9 heteroatoms. The summed E-state index contributed by atoms with van der Waals surface area (Å²) in [6.07, 6.45) is 4.59. The van der Waals surface area contributed by atoms with E-state index in [0.717, 1.165) is 19.3 Å². The molecule has 3 N–H and O–H groups in total. The molecule has 164 valence electrons. The van der Waals surface area contributed by atoms with E-state index in [2.05, 4.69) is 17.2 Å². The van der Waals surface area contributed by atoms with Crippen LogP contribution in [0, 0.1) is 0 Å². The van der Waals surface area contributed by atoms with Gasteiger partial charge in [0.05, 0.1) is 12.7 Å². The molecule has 1 saturated heterocycles. The second-order valence-electron chi connectivity index (χ2n) is 6.96. The lowest BCUT2D eigenvalue weighted by atomic mass is 10.1. The average Bonchev–Trinajstić information content (AvgIpc) is 3.26. The number of hydrogen-bond acceptors (Lipinski definition) is 7. The number of rotatable bonds is 11. The van der Waals surface area contributed by atoms with Gasteiger partial charge in [0.1, 0.15) is 5.75 Å². The van der Waals surface area contributed by atoms with Crippen LogP contribution in [0.3, 0.4) is 0 Å². The van der Waals surface area contributed by atoms with Crippen molar-refractivity contribution < 1.29 is 24.2 Å². The largest absolute Gasteiger partial charge is 0.507 e. The number of aromatic hydroxyl groups is 1. The summed E-state index contributed by atoms with van der Waals surface area (Å²) in [5.41, 5.74) is 0.320. The van der Waals surface area contributed by atoms with E-state index in [1.54, 1.807) is 12.1 Å². The Morgan fingerprint density at radius 2 is 2.07 bits per heavy atom. The Hall–Kier alpha value is -2.13. The van der Waals surface area contributed by atoms with Gasteiger partial charge in [0.2, 0.25) is 5.91 Å². The number of methoxy groups -OCH3 is 1. The topological polar surface area (TPSA) is 105 Å². The Morgan fingerprint density at radius 3 is 2.73 bits per heavy atom.